The molecule has 0 amide bonds. The Morgan fingerprint density at radius 3 is 1.67 bits per heavy atom. The molecule has 0 heterocycles. The van der Waals surface area contributed by atoms with Crippen LogP contribution in [0.1, 0.15) is 20.8 Å². The fourth-order valence-corrected chi connectivity index (χ4v) is 0.250. The summed E-state index contributed by atoms with van der Waals surface area (Å²) in [5.74, 6) is -1.08. The third-order valence-corrected chi connectivity index (χ3v) is 0.500. The Bertz CT molecular complexity index is 58.1. The molecule has 0 unspecified atom stereocenters. The minimum Gasteiger partial charge on any atom is -0.550 e. The first-order chi connectivity index (χ1) is 4.15. The van der Waals surface area contributed by atoms with Gasteiger partial charge in [-0.05, 0) is 20.0 Å². The zero-order chi connectivity index (χ0) is 7.70. The fraction of sp³-hybridized carbons (Fsp3) is 0.833. The monoisotopic (exact) mass is 132 g/mol. The number of hydrogen-bond donors (Lipinski definition) is 1. The van der Waals surface area contributed by atoms with Crippen LogP contribution in [0.2, 0.25) is 0 Å². The lowest BCUT2D eigenvalue weighted by Gasteiger charge is -1.86. The molecule has 0 saturated heterocycles. The molecule has 0 aromatic rings. The van der Waals surface area contributed by atoms with Gasteiger partial charge < -0.3 is 15.2 Å². The second-order valence-corrected chi connectivity index (χ2v) is 1.45. The van der Waals surface area contributed by atoms with Gasteiger partial charge in [-0.1, -0.05) is 13.8 Å². The minimum atomic E-state index is -1.08. The van der Waals surface area contributed by atoms with Crippen molar-refractivity contribution in [2.75, 3.05) is 13.1 Å². The first-order valence-electron chi connectivity index (χ1n) is 3.03. The Morgan fingerprint density at radius 1 is 1.44 bits per heavy atom. The highest BCUT2D eigenvalue weighted by Gasteiger charge is 1.62. The molecule has 56 valence electrons. The number of hydrogen-bond acceptors (Lipinski definition) is 3. The predicted octanol–water partition coefficient (Wildman–Crippen LogP) is -0.628. The number of carbonyl (C=O) groups excluding carboxylic acids is 1. The topological polar surface area (TPSA) is 52.2 Å². The van der Waals surface area contributed by atoms with Crippen LogP contribution in [0.3, 0.4) is 0 Å². The SMILES string of the molecule is CC(=O)[O-].CCNCC. The summed E-state index contributed by atoms with van der Waals surface area (Å²) in [7, 11) is 0. The van der Waals surface area contributed by atoms with E-state index in [2.05, 4.69) is 19.2 Å². The van der Waals surface area contributed by atoms with Gasteiger partial charge in [-0.15, -0.1) is 0 Å². The van der Waals surface area contributed by atoms with Crippen molar-refractivity contribution in [2.45, 2.75) is 20.8 Å². The molecule has 9 heavy (non-hydrogen) atoms. The van der Waals surface area contributed by atoms with Gasteiger partial charge in [0.05, 0.1) is 0 Å². The van der Waals surface area contributed by atoms with E-state index in [1.165, 1.54) is 0 Å². The van der Waals surface area contributed by atoms with Gasteiger partial charge in [-0.25, -0.2) is 0 Å². The summed E-state index contributed by atoms with van der Waals surface area (Å²) in [6.45, 7) is 7.36. The largest absolute Gasteiger partial charge is 0.550 e. The Kier molecular flexibility index (Phi) is 13.0. The average molecular weight is 132 g/mol. The zero-order valence-corrected chi connectivity index (χ0v) is 6.23. The molecule has 0 radical (unpaired) electrons. The Hall–Kier alpha value is -0.570. The van der Waals surface area contributed by atoms with E-state index in [-0.39, 0.29) is 0 Å². The molecule has 3 nitrogen and oxygen atoms in total. The van der Waals surface area contributed by atoms with E-state index in [4.69, 9.17) is 9.90 Å². The first-order valence-corrected chi connectivity index (χ1v) is 3.03. The predicted molar refractivity (Wildman–Crippen MR) is 34.9 cm³/mol. The van der Waals surface area contributed by atoms with Crippen LogP contribution in [0.15, 0.2) is 0 Å². The Morgan fingerprint density at radius 2 is 1.67 bits per heavy atom. The van der Waals surface area contributed by atoms with Crippen molar-refractivity contribution in [2.24, 2.45) is 0 Å². The summed E-state index contributed by atoms with van der Waals surface area (Å²) >= 11 is 0. The van der Waals surface area contributed by atoms with Gasteiger partial charge in [0.25, 0.3) is 0 Å². The molecule has 0 aromatic carbocycles. The van der Waals surface area contributed by atoms with Crippen molar-refractivity contribution in [1.82, 2.24) is 5.32 Å². The number of nitrogens with one attached hydrogen (secondary N) is 1. The van der Waals surface area contributed by atoms with Crippen LogP contribution in [0.4, 0.5) is 0 Å². The van der Waals surface area contributed by atoms with Crippen molar-refractivity contribution in [3.8, 4) is 0 Å². The molecule has 0 rings (SSSR count). The zero-order valence-electron chi connectivity index (χ0n) is 6.23. The summed E-state index contributed by atoms with van der Waals surface area (Å²) in [6, 6.07) is 0. The fourth-order valence-electron chi connectivity index (χ4n) is 0.250. The standard InChI is InChI=1S/C4H11N.C2H4O2/c1-3-5-4-2;1-2(3)4/h5H,3-4H2,1-2H3;1H3,(H,3,4)/p-1. The third kappa shape index (κ3) is 107. The first kappa shape index (κ1) is 11.3. The van der Waals surface area contributed by atoms with E-state index in [0.29, 0.717) is 0 Å². The minimum absolute atomic E-state index is 0.972. The van der Waals surface area contributed by atoms with Crippen molar-refractivity contribution in [1.29, 1.82) is 0 Å². The van der Waals surface area contributed by atoms with Gasteiger partial charge >= 0.3 is 0 Å². The van der Waals surface area contributed by atoms with Crippen LogP contribution >= 0.6 is 0 Å². The maximum absolute atomic E-state index is 8.89. The normalized spacial score (nSPS) is 7.44. The van der Waals surface area contributed by atoms with E-state index in [9.17, 15) is 0 Å². The van der Waals surface area contributed by atoms with Crippen LogP contribution in [0, 0.1) is 0 Å². The van der Waals surface area contributed by atoms with Gasteiger partial charge in [-0.2, -0.15) is 0 Å². The highest BCUT2D eigenvalue weighted by molar-refractivity contribution is 5.60. The summed E-state index contributed by atoms with van der Waals surface area (Å²) in [4.78, 5) is 8.89. The second-order valence-electron chi connectivity index (χ2n) is 1.45. The number of carbonyl (C=O) groups is 1. The lowest BCUT2D eigenvalue weighted by molar-refractivity contribution is -0.302. The molecule has 1 N–H and O–H groups in total. The molecule has 0 aliphatic carbocycles. The molecule has 3 heteroatoms. The molecule has 0 aromatic heterocycles. The average Bonchev–Trinajstić information content (AvgIpc) is 1.66. The van der Waals surface area contributed by atoms with E-state index in [1.807, 2.05) is 0 Å². The van der Waals surface area contributed by atoms with Crippen molar-refractivity contribution in [3.05, 3.63) is 0 Å². The highest BCUT2D eigenvalue weighted by Crippen LogP contribution is 1.47. The van der Waals surface area contributed by atoms with Crippen LogP contribution < -0.4 is 10.4 Å². The number of carboxylic acid groups (broad SMARTS) is 1. The van der Waals surface area contributed by atoms with Crippen LogP contribution in [0.25, 0.3) is 0 Å². The molecule has 0 bridgehead atoms. The Balaban J connectivity index is 0. The summed E-state index contributed by atoms with van der Waals surface area (Å²) in [5, 5.41) is 12.0. The molecule has 0 spiro atoms. The van der Waals surface area contributed by atoms with E-state index in [0.717, 1.165) is 20.0 Å². The van der Waals surface area contributed by atoms with Gasteiger partial charge in [0.2, 0.25) is 0 Å². The lowest BCUT2D eigenvalue weighted by atomic mass is 10.7. The molecule has 0 saturated carbocycles. The van der Waals surface area contributed by atoms with Crippen molar-refractivity contribution < 1.29 is 9.90 Å². The summed E-state index contributed by atoms with van der Waals surface area (Å²) in [5.41, 5.74) is 0. The van der Waals surface area contributed by atoms with E-state index in [1.54, 1.807) is 0 Å². The molecule has 0 aliphatic rings. The summed E-state index contributed by atoms with van der Waals surface area (Å²) < 4.78 is 0. The van der Waals surface area contributed by atoms with E-state index >= 15 is 0 Å². The molecule has 0 fully saturated rings. The summed E-state index contributed by atoms with van der Waals surface area (Å²) in [6.07, 6.45) is 0. The van der Waals surface area contributed by atoms with Crippen molar-refractivity contribution in [3.63, 3.8) is 0 Å². The van der Waals surface area contributed by atoms with Crippen LogP contribution in [-0.2, 0) is 4.79 Å². The maximum atomic E-state index is 8.89. The van der Waals surface area contributed by atoms with Crippen molar-refractivity contribution >= 4 is 5.97 Å². The number of rotatable bonds is 2. The smallest absolute Gasteiger partial charge is 0.0383 e. The Labute approximate surface area is 56.1 Å². The van der Waals surface area contributed by atoms with Crippen LogP contribution in [0.5, 0.6) is 0 Å². The van der Waals surface area contributed by atoms with Gasteiger partial charge in [0, 0.05) is 5.97 Å². The second kappa shape index (κ2) is 10.4. The molecule has 0 aliphatic heterocycles. The van der Waals surface area contributed by atoms with E-state index < -0.39 is 5.97 Å². The maximum Gasteiger partial charge on any atom is 0.0383 e. The van der Waals surface area contributed by atoms with Crippen LogP contribution in [-0.4, -0.2) is 19.1 Å². The molecule has 0 atom stereocenters. The molecular weight excluding hydrogens is 118 g/mol. The third-order valence-electron chi connectivity index (χ3n) is 0.500. The highest BCUT2D eigenvalue weighted by atomic mass is 16.4. The van der Waals surface area contributed by atoms with Gasteiger partial charge in [-0.3, -0.25) is 0 Å². The lowest BCUT2D eigenvalue weighted by Crippen LogP contribution is -2.16. The van der Waals surface area contributed by atoms with Gasteiger partial charge in [0.1, 0.15) is 0 Å². The molecular formula is C6H14NO2-. The quantitative estimate of drug-likeness (QED) is 0.544. The number of aliphatic carboxylic acids is 1. The van der Waals surface area contributed by atoms with Gasteiger partial charge in [0.15, 0.2) is 0 Å². The number of carboxylic acids is 1.